The van der Waals surface area contributed by atoms with Crippen LogP contribution in [0.3, 0.4) is 0 Å². The summed E-state index contributed by atoms with van der Waals surface area (Å²) in [7, 11) is 0. The highest BCUT2D eigenvalue weighted by molar-refractivity contribution is 6.35. The lowest BCUT2D eigenvalue weighted by molar-refractivity contribution is 1.04. The van der Waals surface area contributed by atoms with E-state index in [1.807, 2.05) is 30.3 Å². The second-order valence-electron chi connectivity index (χ2n) is 4.82. The predicted octanol–water partition coefficient (Wildman–Crippen LogP) is 3.96. The highest BCUT2D eigenvalue weighted by Crippen LogP contribution is 2.22. The van der Waals surface area contributed by atoms with Crippen molar-refractivity contribution in [2.75, 3.05) is 11.9 Å². The predicted molar refractivity (Wildman–Crippen MR) is 93.1 cm³/mol. The van der Waals surface area contributed by atoms with Crippen LogP contribution in [-0.4, -0.2) is 18.3 Å². The van der Waals surface area contributed by atoms with Crippen molar-refractivity contribution < 1.29 is 0 Å². The van der Waals surface area contributed by atoms with E-state index in [1.165, 1.54) is 5.56 Å². The second kappa shape index (κ2) is 6.81. The molecule has 0 amide bonds. The molecule has 0 saturated heterocycles. The first-order chi connectivity index (χ1) is 10.7. The fraction of sp³-hybridized carbons (Fsp3) is 0.125. The highest BCUT2D eigenvalue weighted by Gasteiger charge is 2.12. The quantitative estimate of drug-likeness (QED) is 0.893. The molecule has 6 heteroatoms. The second-order valence-corrected chi connectivity index (χ2v) is 5.69. The first kappa shape index (κ1) is 14.9. The van der Waals surface area contributed by atoms with Crippen LogP contribution in [0.2, 0.25) is 10.0 Å². The number of rotatable bonds is 3. The van der Waals surface area contributed by atoms with Gasteiger partial charge >= 0.3 is 0 Å². The maximum absolute atomic E-state index is 5.97. The first-order valence-electron chi connectivity index (χ1n) is 6.81. The van der Waals surface area contributed by atoms with Crippen LogP contribution in [0.15, 0.2) is 58.5 Å². The molecule has 0 atom stereocenters. The summed E-state index contributed by atoms with van der Waals surface area (Å²) in [6, 6.07) is 15.4. The molecule has 0 fully saturated rings. The molecule has 0 aromatic heterocycles. The van der Waals surface area contributed by atoms with Crippen molar-refractivity contribution in [3.63, 3.8) is 0 Å². The number of hydrogen-bond donors (Lipinski definition) is 2. The number of anilines is 1. The van der Waals surface area contributed by atoms with Gasteiger partial charge in [-0.2, -0.15) is 0 Å². The largest absolute Gasteiger partial charge is 0.326 e. The van der Waals surface area contributed by atoms with E-state index >= 15 is 0 Å². The fourth-order valence-corrected chi connectivity index (χ4v) is 2.59. The minimum atomic E-state index is 0.531. The van der Waals surface area contributed by atoms with Gasteiger partial charge < -0.3 is 10.6 Å². The molecule has 0 aliphatic carbocycles. The Bertz CT molecular complexity index is 706. The molecule has 2 aromatic rings. The van der Waals surface area contributed by atoms with Gasteiger partial charge in [0.1, 0.15) is 12.4 Å². The molecule has 0 bridgehead atoms. The van der Waals surface area contributed by atoms with Crippen LogP contribution in [0, 0.1) is 0 Å². The Morgan fingerprint density at radius 2 is 1.82 bits per heavy atom. The minimum Gasteiger partial charge on any atom is -0.326 e. The number of amidine groups is 1. The third-order valence-corrected chi connectivity index (χ3v) is 3.51. The molecule has 0 saturated carbocycles. The highest BCUT2D eigenvalue weighted by atomic mass is 35.5. The molecule has 2 aromatic carbocycles. The first-order valence-corrected chi connectivity index (χ1v) is 7.56. The standard InChI is InChI=1S/C16H14Cl2N4/c17-12-6-13(18)8-14(7-12)21-16-20-10-15(22-16)19-9-11-4-2-1-3-5-11/h1-8H,9-10H2,(H2,19,20,21,22). The molecule has 0 radical (unpaired) electrons. The van der Waals surface area contributed by atoms with Gasteiger partial charge in [0.05, 0.1) is 6.54 Å². The number of halogens is 2. The van der Waals surface area contributed by atoms with Gasteiger partial charge in [0, 0.05) is 15.7 Å². The van der Waals surface area contributed by atoms with Gasteiger partial charge in [0.25, 0.3) is 0 Å². The van der Waals surface area contributed by atoms with Gasteiger partial charge in [-0.1, -0.05) is 53.5 Å². The SMILES string of the molecule is Clc1cc(Cl)cc(NC2=NCC(=NCc3ccccc3)N2)c1. The van der Waals surface area contributed by atoms with Crippen molar-refractivity contribution in [2.45, 2.75) is 6.54 Å². The van der Waals surface area contributed by atoms with Crippen LogP contribution in [0.4, 0.5) is 5.69 Å². The van der Waals surface area contributed by atoms with Gasteiger partial charge in [0.2, 0.25) is 5.96 Å². The fourth-order valence-electron chi connectivity index (χ4n) is 2.06. The molecule has 22 heavy (non-hydrogen) atoms. The number of nitrogens with zero attached hydrogens (tertiary/aromatic N) is 2. The van der Waals surface area contributed by atoms with Gasteiger partial charge in [-0.15, -0.1) is 0 Å². The van der Waals surface area contributed by atoms with Gasteiger partial charge in [0.15, 0.2) is 0 Å². The van der Waals surface area contributed by atoms with E-state index in [0.717, 1.165) is 11.5 Å². The van der Waals surface area contributed by atoms with Crippen molar-refractivity contribution in [1.82, 2.24) is 5.32 Å². The van der Waals surface area contributed by atoms with Crippen molar-refractivity contribution in [1.29, 1.82) is 0 Å². The Morgan fingerprint density at radius 3 is 2.55 bits per heavy atom. The average molecular weight is 333 g/mol. The molecule has 1 aliphatic rings. The van der Waals surface area contributed by atoms with Crippen molar-refractivity contribution in [3.8, 4) is 0 Å². The summed E-state index contributed by atoms with van der Waals surface area (Å²) in [6.07, 6.45) is 0. The van der Waals surface area contributed by atoms with E-state index in [4.69, 9.17) is 23.2 Å². The van der Waals surface area contributed by atoms with Crippen LogP contribution in [0.1, 0.15) is 5.56 Å². The summed E-state index contributed by atoms with van der Waals surface area (Å²) in [6.45, 7) is 1.17. The monoisotopic (exact) mass is 332 g/mol. The molecular weight excluding hydrogens is 319 g/mol. The number of guanidine groups is 1. The summed E-state index contributed by atoms with van der Waals surface area (Å²) in [5.74, 6) is 1.48. The Morgan fingerprint density at radius 1 is 1.09 bits per heavy atom. The van der Waals surface area contributed by atoms with Crippen LogP contribution in [-0.2, 0) is 6.54 Å². The third-order valence-electron chi connectivity index (χ3n) is 3.07. The normalized spacial score (nSPS) is 15.5. The van der Waals surface area contributed by atoms with E-state index in [1.54, 1.807) is 18.2 Å². The van der Waals surface area contributed by atoms with E-state index in [-0.39, 0.29) is 0 Å². The average Bonchev–Trinajstić information content (AvgIpc) is 2.93. The molecule has 0 spiro atoms. The lowest BCUT2D eigenvalue weighted by Crippen LogP contribution is -2.30. The maximum atomic E-state index is 5.97. The molecule has 1 heterocycles. The Kier molecular flexibility index (Phi) is 4.61. The van der Waals surface area contributed by atoms with E-state index in [9.17, 15) is 0 Å². The third kappa shape index (κ3) is 4.00. The van der Waals surface area contributed by atoms with Crippen LogP contribution < -0.4 is 10.6 Å². The molecule has 1 aliphatic heterocycles. The van der Waals surface area contributed by atoms with Gasteiger partial charge in [-0.3, -0.25) is 4.99 Å². The minimum absolute atomic E-state index is 0.531. The summed E-state index contributed by atoms with van der Waals surface area (Å²) in [5.41, 5.74) is 1.95. The van der Waals surface area contributed by atoms with Crippen LogP contribution >= 0.6 is 23.2 Å². The van der Waals surface area contributed by atoms with Crippen molar-refractivity contribution >= 4 is 40.7 Å². The van der Waals surface area contributed by atoms with Crippen LogP contribution in [0.5, 0.6) is 0 Å². The topological polar surface area (TPSA) is 48.8 Å². The zero-order valence-electron chi connectivity index (χ0n) is 11.7. The zero-order chi connectivity index (χ0) is 15.4. The lowest BCUT2D eigenvalue weighted by Gasteiger charge is -2.07. The smallest absolute Gasteiger partial charge is 0.201 e. The summed E-state index contributed by atoms with van der Waals surface area (Å²) in [4.78, 5) is 8.88. The van der Waals surface area contributed by atoms with Crippen molar-refractivity contribution in [2.24, 2.45) is 9.98 Å². The summed E-state index contributed by atoms with van der Waals surface area (Å²) in [5, 5.41) is 7.44. The molecule has 3 rings (SSSR count). The van der Waals surface area contributed by atoms with Gasteiger partial charge in [-0.05, 0) is 23.8 Å². The van der Waals surface area contributed by atoms with Crippen molar-refractivity contribution in [3.05, 3.63) is 64.1 Å². The lowest BCUT2D eigenvalue weighted by atomic mass is 10.2. The van der Waals surface area contributed by atoms with E-state index in [0.29, 0.717) is 29.1 Å². The Balaban J connectivity index is 1.60. The molecule has 112 valence electrons. The maximum Gasteiger partial charge on any atom is 0.201 e. The number of benzene rings is 2. The van der Waals surface area contributed by atoms with Gasteiger partial charge in [-0.25, -0.2) is 4.99 Å². The number of nitrogens with one attached hydrogen (secondary N) is 2. The number of hydrogen-bond acceptors (Lipinski definition) is 3. The molecule has 2 N–H and O–H groups in total. The molecular formula is C16H14Cl2N4. The van der Waals surface area contributed by atoms with E-state index < -0.39 is 0 Å². The van der Waals surface area contributed by atoms with Crippen LogP contribution in [0.25, 0.3) is 0 Å². The molecule has 4 nitrogen and oxygen atoms in total. The Labute approximate surface area is 138 Å². The summed E-state index contributed by atoms with van der Waals surface area (Å²) < 4.78 is 0. The zero-order valence-corrected chi connectivity index (χ0v) is 13.2. The number of aliphatic imine (C=N–C) groups is 2. The van der Waals surface area contributed by atoms with E-state index in [2.05, 4.69) is 20.6 Å². The Hall–Kier alpha value is -2.04. The molecule has 0 unspecified atom stereocenters. The summed E-state index contributed by atoms with van der Waals surface area (Å²) >= 11 is 11.9.